The molecule has 136 valence electrons. The fourth-order valence-electron chi connectivity index (χ4n) is 2.90. The number of nitrogens with zero attached hydrogens (tertiary/aromatic N) is 2. The molecular weight excluding hydrogens is 341 g/mol. The van der Waals surface area contributed by atoms with E-state index in [9.17, 15) is 18.0 Å². The van der Waals surface area contributed by atoms with E-state index in [1.807, 2.05) is 0 Å². The lowest BCUT2D eigenvalue weighted by atomic mass is 10.0. The zero-order chi connectivity index (χ0) is 18.7. The van der Waals surface area contributed by atoms with Gasteiger partial charge in [-0.25, -0.2) is 13.2 Å². The lowest BCUT2D eigenvalue weighted by molar-refractivity contribution is 0.151. The Kier molecular flexibility index (Phi) is 5.40. The summed E-state index contributed by atoms with van der Waals surface area (Å²) in [6, 6.07) is 7.08. The minimum Gasteiger partial charge on any atom is -0.315 e. The third-order valence-electron chi connectivity index (χ3n) is 4.38. The summed E-state index contributed by atoms with van der Waals surface area (Å²) in [7, 11) is 0. The number of rotatable bonds is 6. The number of fused-ring (bicyclic) bond motifs is 1. The van der Waals surface area contributed by atoms with Gasteiger partial charge in [0, 0.05) is 30.1 Å². The summed E-state index contributed by atoms with van der Waals surface area (Å²) < 4.78 is 41.4. The van der Waals surface area contributed by atoms with Crippen LogP contribution in [0.5, 0.6) is 0 Å². The van der Waals surface area contributed by atoms with Crippen molar-refractivity contribution in [2.75, 3.05) is 0 Å². The van der Waals surface area contributed by atoms with Crippen molar-refractivity contribution in [2.45, 2.75) is 39.2 Å². The van der Waals surface area contributed by atoms with Crippen molar-refractivity contribution in [1.82, 2.24) is 9.55 Å². The molecule has 6 heteroatoms. The topological polar surface area (TPSA) is 34.9 Å². The Morgan fingerprint density at radius 3 is 2.62 bits per heavy atom. The molecule has 0 aliphatic rings. The molecule has 3 aromatic rings. The maximum absolute atomic E-state index is 14.5. The predicted molar refractivity (Wildman–Crippen MR) is 95.9 cm³/mol. The average Bonchev–Trinajstić information content (AvgIpc) is 2.64. The Labute approximate surface area is 149 Å². The number of aryl methyl sites for hydroxylation is 1. The zero-order valence-electron chi connectivity index (χ0n) is 14.4. The summed E-state index contributed by atoms with van der Waals surface area (Å²) in [5, 5.41) is 0.896. The molecule has 1 aromatic carbocycles. The Bertz CT molecular complexity index is 965. The smallest absolute Gasteiger partial charge is 0.265 e. The maximum atomic E-state index is 14.5. The summed E-state index contributed by atoms with van der Waals surface area (Å²) in [6.07, 6.45) is 3.09. The van der Waals surface area contributed by atoms with Gasteiger partial charge in [-0.2, -0.15) is 0 Å². The van der Waals surface area contributed by atoms with E-state index in [-0.39, 0.29) is 22.4 Å². The summed E-state index contributed by atoms with van der Waals surface area (Å²) in [5.41, 5.74) is -0.0163. The highest BCUT2D eigenvalue weighted by Gasteiger charge is 2.13. The van der Waals surface area contributed by atoms with Crippen LogP contribution in [0, 0.1) is 5.82 Å². The largest absolute Gasteiger partial charge is 0.315 e. The van der Waals surface area contributed by atoms with Gasteiger partial charge in [-0.05, 0) is 42.1 Å². The van der Waals surface area contributed by atoms with E-state index in [4.69, 9.17) is 0 Å². The van der Waals surface area contributed by atoms with Gasteiger partial charge in [0.25, 0.3) is 12.0 Å². The van der Waals surface area contributed by atoms with E-state index in [0.717, 1.165) is 25.5 Å². The van der Waals surface area contributed by atoms with E-state index in [1.165, 1.54) is 24.3 Å². The molecule has 0 radical (unpaired) electrons. The molecule has 2 aromatic heterocycles. The van der Waals surface area contributed by atoms with Gasteiger partial charge in [0.05, 0.1) is 11.1 Å². The Balaban J connectivity index is 2.00. The summed E-state index contributed by atoms with van der Waals surface area (Å²) >= 11 is 0. The number of alkyl halides is 2. The van der Waals surface area contributed by atoms with Gasteiger partial charge < -0.3 is 4.57 Å². The summed E-state index contributed by atoms with van der Waals surface area (Å²) in [5.74, 6) is -0.599. The molecule has 0 unspecified atom stereocenters. The molecule has 3 rings (SSSR count). The minimum atomic E-state index is -2.62. The molecule has 0 aliphatic heterocycles. The van der Waals surface area contributed by atoms with Crippen LogP contribution < -0.4 is 5.56 Å². The highest BCUT2D eigenvalue weighted by Crippen LogP contribution is 2.27. The molecule has 0 atom stereocenters. The molecule has 0 amide bonds. The number of halogens is 3. The van der Waals surface area contributed by atoms with Crippen LogP contribution in [0.2, 0.25) is 0 Å². The number of aromatic nitrogens is 2. The van der Waals surface area contributed by atoms with Crippen molar-refractivity contribution in [1.29, 1.82) is 0 Å². The van der Waals surface area contributed by atoms with E-state index in [2.05, 4.69) is 11.9 Å². The molecule has 0 N–H and O–H groups in total. The van der Waals surface area contributed by atoms with Crippen LogP contribution in [0.4, 0.5) is 13.2 Å². The predicted octanol–water partition coefficient (Wildman–Crippen LogP) is 5.33. The van der Waals surface area contributed by atoms with Gasteiger partial charge in [-0.1, -0.05) is 19.8 Å². The monoisotopic (exact) mass is 360 g/mol. The number of pyridine rings is 2. The molecule has 0 bridgehead atoms. The summed E-state index contributed by atoms with van der Waals surface area (Å²) in [4.78, 5) is 16.5. The molecular formula is C20H19F3N2O. The van der Waals surface area contributed by atoms with Gasteiger partial charge >= 0.3 is 0 Å². The van der Waals surface area contributed by atoms with E-state index < -0.39 is 12.2 Å². The van der Waals surface area contributed by atoms with Gasteiger partial charge in [0.2, 0.25) is 0 Å². The fourth-order valence-corrected chi connectivity index (χ4v) is 2.90. The van der Waals surface area contributed by atoms with Crippen molar-refractivity contribution >= 4 is 10.8 Å². The number of benzene rings is 1. The maximum Gasteiger partial charge on any atom is 0.265 e. The minimum absolute atomic E-state index is 0.182. The van der Waals surface area contributed by atoms with E-state index >= 15 is 0 Å². The van der Waals surface area contributed by atoms with Crippen LogP contribution in [-0.4, -0.2) is 9.55 Å². The molecule has 0 saturated carbocycles. The van der Waals surface area contributed by atoms with E-state index in [0.29, 0.717) is 17.3 Å². The van der Waals surface area contributed by atoms with Crippen molar-refractivity contribution < 1.29 is 13.2 Å². The lowest BCUT2D eigenvalue weighted by Crippen LogP contribution is -2.19. The lowest BCUT2D eigenvalue weighted by Gasteiger charge is -2.09. The first-order valence-electron chi connectivity index (χ1n) is 8.58. The fraction of sp³-hybridized carbons (Fsp3) is 0.300. The SMILES string of the molecule is CCCCCn1ccc2cc(-c3ccc(C(F)F)cn3)c(F)cc2c1=O. The highest BCUT2D eigenvalue weighted by atomic mass is 19.3. The van der Waals surface area contributed by atoms with Gasteiger partial charge in [0.1, 0.15) is 5.82 Å². The van der Waals surface area contributed by atoms with E-state index in [1.54, 1.807) is 16.8 Å². The number of unbranched alkanes of at least 4 members (excludes halogenated alkanes) is 2. The van der Waals surface area contributed by atoms with Crippen LogP contribution in [0.15, 0.2) is 47.5 Å². The van der Waals surface area contributed by atoms with Gasteiger partial charge in [0.15, 0.2) is 0 Å². The normalized spacial score (nSPS) is 11.4. The van der Waals surface area contributed by atoms with Crippen molar-refractivity contribution in [2.24, 2.45) is 0 Å². The second-order valence-electron chi connectivity index (χ2n) is 6.22. The van der Waals surface area contributed by atoms with Crippen LogP contribution in [0.25, 0.3) is 22.0 Å². The van der Waals surface area contributed by atoms with Crippen LogP contribution in [0.1, 0.15) is 38.2 Å². The van der Waals surface area contributed by atoms with Crippen molar-refractivity contribution in [3.8, 4) is 11.3 Å². The van der Waals surface area contributed by atoms with Crippen LogP contribution in [-0.2, 0) is 6.54 Å². The third kappa shape index (κ3) is 3.64. The third-order valence-corrected chi connectivity index (χ3v) is 4.38. The van der Waals surface area contributed by atoms with Crippen LogP contribution >= 0.6 is 0 Å². The molecule has 2 heterocycles. The molecule has 26 heavy (non-hydrogen) atoms. The molecule has 0 fully saturated rings. The average molecular weight is 360 g/mol. The molecule has 3 nitrogen and oxygen atoms in total. The van der Waals surface area contributed by atoms with Crippen molar-refractivity contribution in [3.63, 3.8) is 0 Å². The Morgan fingerprint density at radius 2 is 1.96 bits per heavy atom. The second kappa shape index (κ2) is 7.72. The zero-order valence-corrected chi connectivity index (χ0v) is 14.4. The molecule has 0 aliphatic carbocycles. The quantitative estimate of drug-likeness (QED) is 0.557. The first-order valence-corrected chi connectivity index (χ1v) is 8.58. The second-order valence-corrected chi connectivity index (χ2v) is 6.22. The molecule has 0 spiro atoms. The number of hydrogen-bond acceptors (Lipinski definition) is 2. The first-order chi connectivity index (χ1) is 12.5. The Morgan fingerprint density at radius 1 is 1.15 bits per heavy atom. The van der Waals surface area contributed by atoms with Crippen LogP contribution in [0.3, 0.4) is 0 Å². The highest BCUT2D eigenvalue weighted by molar-refractivity contribution is 5.86. The standard InChI is InChI=1S/C20H19F3N2O/c1-2-3-4-8-25-9-7-13-10-16(17(21)11-15(13)20(25)26)18-6-5-14(12-24-18)19(22)23/h5-7,9-12,19H,2-4,8H2,1H3. The summed E-state index contributed by atoms with van der Waals surface area (Å²) in [6.45, 7) is 2.69. The number of hydrogen-bond donors (Lipinski definition) is 0. The Hall–Kier alpha value is -2.63. The van der Waals surface area contributed by atoms with Crippen molar-refractivity contribution in [3.05, 3.63) is 64.5 Å². The first kappa shape index (κ1) is 18.2. The molecule has 0 saturated heterocycles. The van der Waals surface area contributed by atoms with Gasteiger partial charge in [-0.3, -0.25) is 9.78 Å². The van der Waals surface area contributed by atoms with Gasteiger partial charge in [-0.15, -0.1) is 0 Å².